The Hall–Kier alpha value is -2.61. The summed E-state index contributed by atoms with van der Waals surface area (Å²) in [4.78, 5) is 20.2. The van der Waals surface area contributed by atoms with Crippen LogP contribution in [0.4, 0.5) is 24.5 Å². The van der Waals surface area contributed by atoms with Crippen molar-refractivity contribution in [3.63, 3.8) is 0 Å². The van der Waals surface area contributed by atoms with Crippen LogP contribution in [0.3, 0.4) is 0 Å². The molecule has 4 nitrogen and oxygen atoms in total. The van der Waals surface area contributed by atoms with Crippen molar-refractivity contribution in [1.82, 2.24) is 4.98 Å². The highest BCUT2D eigenvalue weighted by Crippen LogP contribution is 2.34. The van der Waals surface area contributed by atoms with Gasteiger partial charge in [0.15, 0.2) is 0 Å². The van der Waals surface area contributed by atoms with Gasteiger partial charge in [0.2, 0.25) is 5.91 Å². The fraction of sp³-hybridized carbons (Fsp3) is 0.364. The van der Waals surface area contributed by atoms with Crippen LogP contribution in [0.15, 0.2) is 35.7 Å². The zero-order chi connectivity index (χ0) is 21.5. The lowest BCUT2D eigenvalue weighted by Crippen LogP contribution is -2.38. The highest BCUT2D eigenvalue weighted by atomic mass is 32.1. The molecule has 1 aromatic carbocycles. The average molecular weight is 433 g/mol. The molecule has 1 N–H and O–H groups in total. The number of nitrogens with zero attached hydrogens (tertiary/aromatic N) is 2. The first kappa shape index (κ1) is 20.7. The van der Waals surface area contributed by atoms with E-state index in [9.17, 15) is 18.0 Å². The number of hydrogen-bond acceptors (Lipinski definition) is 4. The maximum atomic E-state index is 13.0. The number of fused-ring (bicyclic) bond motifs is 1. The molecule has 1 fully saturated rings. The molecule has 8 heteroatoms. The van der Waals surface area contributed by atoms with Crippen LogP contribution >= 0.6 is 11.3 Å². The van der Waals surface area contributed by atoms with Gasteiger partial charge < -0.3 is 10.2 Å². The second-order valence-corrected chi connectivity index (χ2v) is 8.57. The van der Waals surface area contributed by atoms with Gasteiger partial charge in [-0.05, 0) is 56.5 Å². The van der Waals surface area contributed by atoms with Crippen molar-refractivity contribution < 1.29 is 18.0 Å². The number of pyridine rings is 1. The molecule has 4 rings (SSSR count). The molecule has 0 radical (unpaired) electrons. The van der Waals surface area contributed by atoms with Crippen LogP contribution in [0.5, 0.6) is 0 Å². The Balaban J connectivity index is 1.42. The minimum atomic E-state index is -4.36. The predicted molar refractivity (Wildman–Crippen MR) is 114 cm³/mol. The summed E-state index contributed by atoms with van der Waals surface area (Å²) in [5.41, 5.74) is 2.70. The maximum Gasteiger partial charge on any atom is 0.416 e. The largest absolute Gasteiger partial charge is 0.416 e. The Labute approximate surface area is 176 Å². The average Bonchev–Trinajstić information content (AvgIpc) is 3.10. The van der Waals surface area contributed by atoms with Gasteiger partial charge in [-0.2, -0.15) is 13.2 Å². The highest BCUT2D eigenvalue weighted by Gasteiger charge is 2.32. The number of nitrogens with one attached hydrogen (secondary N) is 1. The van der Waals surface area contributed by atoms with Crippen molar-refractivity contribution in [1.29, 1.82) is 0 Å². The zero-order valence-electron chi connectivity index (χ0n) is 16.7. The Morgan fingerprint density at radius 1 is 1.20 bits per heavy atom. The molecule has 0 saturated carbocycles. The molecule has 3 aromatic rings. The lowest BCUT2D eigenvalue weighted by atomic mass is 9.95. The molecule has 1 aliphatic rings. The second-order valence-electron chi connectivity index (χ2n) is 7.71. The van der Waals surface area contributed by atoms with E-state index >= 15 is 0 Å². The number of amides is 1. The summed E-state index contributed by atoms with van der Waals surface area (Å²) in [6.07, 6.45) is -3.16. The van der Waals surface area contributed by atoms with Crippen LogP contribution < -0.4 is 10.2 Å². The molecular formula is C22H22F3N3OS. The Morgan fingerprint density at radius 3 is 2.63 bits per heavy atom. The molecule has 0 bridgehead atoms. The number of piperidine rings is 1. The third-order valence-electron chi connectivity index (χ3n) is 5.53. The number of halogens is 3. The molecule has 0 unspecified atom stereocenters. The lowest BCUT2D eigenvalue weighted by molar-refractivity contribution is -0.137. The van der Waals surface area contributed by atoms with E-state index in [1.54, 1.807) is 6.07 Å². The molecule has 158 valence electrons. The zero-order valence-corrected chi connectivity index (χ0v) is 17.5. The molecule has 3 heterocycles. The topological polar surface area (TPSA) is 45.2 Å². The first-order valence-electron chi connectivity index (χ1n) is 9.81. The minimum Gasteiger partial charge on any atom is -0.371 e. The predicted octanol–water partition coefficient (Wildman–Crippen LogP) is 5.79. The number of alkyl halides is 3. The first-order chi connectivity index (χ1) is 14.2. The minimum absolute atomic E-state index is 0.0432. The van der Waals surface area contributed by atoms with Crippen molar-refractivity contribution >= 4 is 38.8 Å². The monoisotopic (exact) mass is 433 g/mol. The van der Waals surface area contributed by atoms with Gasteiger partial charge >= 0.3 is 6.18 Å². The lowest BCUT2D eigenvalue weighted by Gasteiger charge is -2.33. The molecule has 1 saturated heterocycles. The summed E-state index contributed by atoms with van der Waals surface area (Å²) >= 11 is 1.51. The molecule has 2 aromatic heterocycles. The fourth-order valence-electron chi connectivity index (χ4n) is 3.99. The maximum absolute atomic E-state index is 13.0. The van der Waals surface area contributed by atoms with Gasteiger partial charge in [0.05, 0.1) is 11.3 Å². The molecular weight excluding hydrogens is 411 g/mol. The summed E-state index contributed by atoms with van der Waals surface area (Å²) in [6, 6.07) is 7.36. The van der Waals surface area contributed by atoms with Crippen LogP contribution in [0.25, 0.3) is 10.2 Å². The molecule has 0 aliphatic carbocycles. The number of benzene rings is 1. The van der Waals surface area contributed by atoms with Crippen LogP contribution in [0.1, 0.15) is 29.7 Å². The normalized spacial score (nSPS) is 15.6. The summed E-state index contributed by atoms with van der Waals surface area (Å²) < 4.78 is 38.9. The molecule has 30 heavy (non-hydrogen) atoms. The summed E-state index contributed by atoms with van der Waals surface area (Å²) in [5.74, 6) is -0.209. The van der Waals surface area contributed by atoms with Crippen LogP contribution in [-0.2, 0) is 11.0 Å². The Morgan fingerprint density at radius 2 is 1.93 bits per heavy atom. The SMILES string of the molecule is Cc1cc(C)c2c(NC(=O)C3CCN(c4cccc(C(F)(F)F)c4)CC3)csc2n1. The first-order valence-corrected chi connectivity index (χ1v) is 10.7. The fourth-order valence-corrected chi connectivity index (χ4v) is 4.99. The van der Waals surface area contributed by atoms with E-state index in [1.807, 2.05) is 30.2 Å². The van der Waals surface area contributed by atoms with E-state index in [0.717, 1.165) is 33.2 Å². The summed E-state index contributed by atoms with van der Waals surface area (Å²) in [6.45, 7) is 5.04. The smallest absolute Gasteiger partial charge is 0.371 e. The second kappa shape index (κ2) is 7.91. The summed E-state index contributed by atoms with van der Waals surface area (Å²) in [5, 5.41) is 5.93. The van der Waals surface area contributed by atoms with E-state index in [1.165, 1.54) is 23.5 Å². The van der Waals surface area contributed by atoms with Gasteiger partial charge in [-0.3, -0.25) is 4.79 Å². The standard InChI is InChI=1S/C22H22F3N3OS/c1-13-10-14(2)26-21-19(13)18(12-30-21)27-20(29)15-6-8-28(9-7-15)17-5-3-4-16(11-17)22(23,24)25/h3-5,10-12,15H,6-9H2,1-2H3,(H,27,29). The summed E-state index contributed by atoms with van der Waals surface area (Å²) in [7, 11) is 0. The van der Waals surface area contributed by atoms with Gasteiger partial charge in [0, 0.05) is 41.2 Å². The quantitative estimate of drug-likeness (QED) is 0.569. The molecule has 0 spiro atoms. The van der Waals surface area contributed by atoms with Gasteiger partial charge in [0.25, 0.3) is 0 Å². The van der Waals surface area contributed by atoms with E-state index in [4.69, 9.17) is 0 Å². The van der Waals surface area contributed by atoms with Crippen LogP contribution in [0.2, 0.25) is 0 Å². The van der Waals surface area contributed by atoms with Gasteiger partial charge in [-0.25, -0.2) is 4.98 Å². The number of carbonyl (C=O) groups is 1. The van der Waals surface area contributed by atoms with Gasteiger partial charge in [0.1, 0.15) is 4.83 Å². The Kier molecular flexibility index (Phi) is 5.44. The third-order valence-corrected chi connectivity index (χ3v) is 6.40. The third kappa shape index (κ3) is 4.14. The molecule has 1 amide bonds. The number of aromatic nitrogens is 1. The molecule has 0 atom stereocenters. The number of thiophene rings is 1. The van der Waals surface area contributed by atoms with E-state index in [-0.39, 0.29) is 11.8 Å². The number of anilines is 2. The van der Waals surface area contributed by atoms with Gasteiger partial charge in [-0.1, -0.05) is 6.07 Å². The van der Waals surface area contributed by atoms with Crippen molar-refractivity contribution in [3.8, 4) is 0 Å². The van der Waals surface area contributed by atoms with E-state index < -0.39 is 11.7 Å². The van der Waals surface area contributed by atoms with E-state index in [2.05, 4.69) is 10.3 Å². The van der Waals surface area contributed by atoms with Crippen molar-refractivity contribution in [2.75, 3.05) is 23.3 Å². The number of hydrogen-bond donors (Lipinski definition) is 1. The van der Waals surface area contributed by atoms with Crippen LogP contribution in [0, 0.1) is 19.8 Å². The van der Waals surface area contributed by atoms with Crippen molar-refractivity contribution in [3.05, 3.63) is 52.5 Å². The van der Waals surface area contributed by atoms with Crippen molar-refractivity contribution in [2.45, 2.75) is 32.9 Å². The van der Waals surface area contributed by atoms with Gasteiger partial charge in [-0.15, -0.1) is 11.3 Å². The molecule has 1 aliphatic heterocycles. The number of rotatable bonds is 3. The Bertz CT molecular complexity index is 1080. The number of carbonyl (C=O) groups excluding carboxylic acids is 1. The van der Waals surface area contributed by atoms with Crippen molar-refractivity contribution in [2.24, 2.45) is 5.92 Å². The van der Waals surface area contributed by atoms with Crippen LogP contribution in [-0.4, -0.2) is 24.0 Å². The highest BCUT2D eigenvalue weighted by molar-refractivity contribution is 7.17. The number of aryl methyl sites for hydroxylation is 2. The van der Waals surface area contributed by atoms with E-state index in [0.29, 0.717) is 31.6 Å².